The van der Waals surface area contributed by atoms with E-state index < -0.39 is 5.97 Å². The predicted octanol–water partition coefficient (Wildman–Crippen LogP) is 2.79. The quantitative estimate of drug-likeness (QED) is 0.801. The number of aromatic carboxylic acids is 1. The van der Waals surface area contributed by atoms with Gasteiger partial charge >= 0.3 is 5.97 Å². The van der Waals surface area contributed by atoms with E-state index in [1.165, 1.54) is 5.56 Å². The molecule has 0 bridgehead atoms. The van der Waals surface area contributed by atoms with E-state index in [-0.39, 0.29) is 5.56 Å². The molecule has 0 amide bonds. The van der Waals surface area contributed by atoms with Crippen molar-refractivity contribution in [2.75, 3.05) is 0 Å². The molecule has 0 aliphatic carbocycles. The van der Waals surface area contributed by atoms with Crippen LogP contribution in [0.3, 0.4) is 0 Å². The summed E-state index contributed by atoms with van der Waals surface area (Å²) in [6.07, 6.45) is 3.62. The Morgan fingerprint density at radius 1 is 1.29 bits per heavy atom. The van der Waals surface area contributed by atoms with Gasteiger partial charge < -0.3 is 9.67 Å². The van der Waals surface area contributed by atoms with E-state index in [0.717, 1.165) is 16.9 Å². The number of imidazole rings is 1. The molecule has 106 valence electrons. The number of carbonyl (C=O) groups is 1. The summed E-state index contributed by atoms with van der Waals surface area (Å²) < 4.78 is 2.09. The minimum atomic E-state index is -0.936. The molecule has 2 aromatic heterocycles. The van der Waals surface area contributed by atoms with Crippen molar-refractivity contribution < 1.29 is 9.90 Å². The van der Waals surface area contributed by atoms with E-state index in [1.54, 1.807) is 18.3 Å². The van der Waals surface area contributed by atoms with Crippen LogP contribution in [0.4, 0.5) is 0 Å². The highest BCUT2D eigenvalue weighted by Gasteiger charge is 2.11. The molecule has 0 saturated heterocycles. The van der Waals surface area contributed by atoms with Crippen LogP contribution in [0.25, 0.3) is 11.0 Å². The van der Waals surface area contributed by atoms with Gasteiger partial charge in [0.05, 0.1) is 16.6 Å². The normalized spacial score (nSPS) is 11.0. The molecule has 1 N–H and O–H groups in total. The van der Waals surface area contributed by atoms with Crippen molar-refractivity contribution in [3.63, 3.8) is 0 Å². The van der Waals surface area contributed by atoms with Crippen molar-refractivity contribution >= 4 is 17.0 Å². The number of pyridine rings is 1. The monoisotopic (exact) mass is 281 g/mol. The zero-order valence-corrected chi connectivity index (χ0v) is 11.9. The third kappa shape index (κ3) is 2.38. The van der Waals surface area contributed by atoms with Gasteiger partial charge in [-0.1, -0.05) is 0 Å². The van der Waals surface area contributed by atoms with Gasteiger partial charge in [-0.05, 0) is 49.2 Å². The zero-order valence-electron chi connectivity index (χ0n) is 11.9. The first-order valence-electron chi connectivity index (χ1n) is 6.66. The number of benzene rings is 1. The second-order valence-corrected chi connectivity index (χ2v) is 5.06. The van der Waals surface area contributed by atoms with Crippen LogP contribution >= 0.6 is 0 Å². The Hall–Kier alpha value is -2.69. The summed E-state index contributed by atoms with van der Waals surface area (Å²) >= 11 is 0. The topological polar surface area (TPSA) is 68.0 Å². The van der Waals surface area contributed by atoms with Gasteiger partial charge in [0, 0.05) is 18.9 Å². The lowest BCUT2D eigenvalue weighted by Crippen LogP contribution is -2.04. The number of fused-ring (bicyclic) bond motifs is 1. The molecule has 5 heteroatoms. The van der Waals surface area contributed by atoms with E-state index in [1.807, 2.05) is 32.2 Å². The van der Waals surface area contributed by atoms with Crippen molar-refractivity contribution in [2.45, 2.75) is 20.4 Å². The number of aromatic nitrogens is 3. The minimum Gasteiger partial charge on any atom is -0.478 e. The van der Waals surface area contributed by atoms with E-state index in [4.69, 9.17) is 5.11 Å². The van der Waals surface area contributed by atoms with Crippen LogP contribution in [0.2, 0.25) is 0 Å². The highest BCUT2D eigenvalue weighted by Crippen LogP contribution is 2.20. The second-order valence-electron chi connectivity index (χ2n) is 5.06. The maximum atomic E-state index is 11.0. The molecule has 3 aromatic rings. The summed E-state index contributed by atoms with van der Waals surface area (Å²) in [6.45, 7) is 4.65. The van der Waals surface area contributed by atoms with Crippen LogP contribution in [-0.4, -0.2) is 25.6 Å². The number of nitrogens with zero attached hydrogens (tertiary/aromatic N) is 3. The molecule has 2 heterocycles. The Kier molecular flexibility index (Phi) is 3.17. The Labute approximate surface area is 121 Å². The number of rotatable bonds is 3. The average Bonchev–Trinajstić information content (AvgIpc) is 2.76. The van der Waals surface area contributed by atoms with Crippen molar-refractivity contribution in [2.24, 2.45) is 0 Å². The van der Waals surface area contributed by atoms with Crippen LogP contribution in [0.5, 0.6) is 0 Å². The molecule has 0 fully saturated rings. The maximum Gasteiger partial charge on any atom is 0.335 e. The molecule has 0 spiro atoms. The largest absolute Gasteiger partial charge is 0.478 e. The Bertz CT molecular complexity index is 837. The lowest BCUT2D eigenvalue weighted by molar-refractivity contribution is 0.0697. The molecular formula is C16H15N3O2. The van der Waals surface area contributed by atoms with Crippen LogP contribution in [-0.2, 0) is 6.54 Å². The Morgan fingerprint density at radius 3 is 2.81 bits per heavy atom. The Balaban J connectivity index is 2.09. The van der Waals surface area contributed by atoms with Gasteiger partial charge in [-0.15, -0.1) is 0 Å². The van der Waals surface area contributed by atoms with Crippen molar-refractivity contribution in [3.05, 3.63) is 59.2 Å². The molecule has 1 aromatic carbocycles. The van der Waals surface area contributed by atoms with Gasteiger partial charge in [-0.25, -0.2) is 9.78 Å². The van der Waals surface area contributed by atoms with E-state index >= 15 is 0 Å². The SMILES string of the molecule is Cc1cnccc1Cn1c(C)nc2cc(C(=O)O)ccc21. The van der Waals surface area contributed by atoms with Gasteiger partial charge in [-0.3, -0.25) is 4.98 Å². The van der Waals surface area contributed by atoms with Crippen LogP contribution in [0, 0.1) is 13.8 Å². The lowest BCUT2D eigenvalue weighted by Gasteiger charge is -2.09. The minimum absolute atomic E-state index is 0.257. The van der Waals surface area contributed by atoms with Crippen LogP contribution in [0.15, 0.2) is 36.7 Å². The summed E-state index contributed by atoms with van der Waals surface area (Å²) in [5, 5.41) is 9.05. The molecule has 0 aliphatic rings. The van der Waals surface area contributed by atoms with E-state index in [0.29, 0.717) is 12.1 Å². The Morgan fingerprint density at radius 2 is 2.10 bits per heavy atom. The number of hydrogen-bond donors (Lipinski definition) is 1. The predicted molar refractivity (Wildman–Crippen MR) is 79.5 cm³/mol. The highest BCUT2D eigenvalue weighted by molar-refractivity contribution is 5.92. The van der Waals surface area contributed by atoms with Gasteiger partial charge in [0.15, 0.2) is 0 Å². The molecule has 0 aliphatic heterocycles. The van der Waals surface area contributed by atoms with Crippen molar-refractivity contribution in [1.82, 2.24) is 14.5 Å². The smallest absolute Gasteiger partial charge is 0.335 e. The number of hydrogen-bond acceptors (Lipinski definition) is 3. The average molecular weight is 281 g/mol. The molecule has 5 nitrogen and oxygen atoms in total. The highest BCUT2D eigenvalue weighted by atomic mass is 16.4. The van der Waals surface area contributed by atoms with Crippen LogP contribution in [0.1, 0.15) is 27.3 Å². The molecule has 21 heavy (non-hydrogen) atoms. The molecule has 0 atom stereocenters. The molecule has 0 unspecified atom stereocenters. The van der Waals surface area contributed by atoms with Crippen LogP contribution < -0.4 is 0 Å². The second kappa shape index (κ2) is 5.01. The number of carboxylic acids is 1. The van der Waals surface area contributed by atoms with E-state index in [9.17, 15) is 4.79 Å². The number of carboxylic acid groups (broad SMARTS) is 1. The zero-order chi connectivity index (χ0) is 15.0. The molecule has 0 radical (unpaired) electrons. The fraction of sp³-hybridized carbons (Fsp3) is 0.188. The lowest BCUT2D eigenvalue weighted by atomic mass is 10.1. The third-order valence-corrected chi connectivity index (χ3v) is 3.65. The van der Waals surface area contributed by atoms with Gasteiger partial charge in [0.1, 0.15) is 5.82 Å². The summed E-state index contributed by atoms with van der Waals surface area (Å²) in [7, 11) is 0. The third-order valence-electron chi connectivity index (χ3n) is 3.65. The van der Waals surface area contributed by atoms with Gasteiger partial charge in [0.25, 0.3) is 0 Å². The summed E-state index contributed by atoms with van der Waals surface area (Å²) in [6, 6.07) is 7.03. The van der Waals surface area contributed by atoms with Gasteiger partial charge in [0.2, 0.25) is 0 Å². The fourth-order valence-corrected chi connectivity index (χ4v) is 2.43. The summed E-state index contributed by atoms with van der Waals surface area (Å²) in [5.41, 5.74) is 4.20. The number of aryl methyl sites for hydroxylation is 2. The molecule has 3 rings (SSSR count). The molecular weight excluding hydrogens is 266 g/mol. The summed E-state index contributed by atoms with van der Waals surface area (Å²) in [4.78, 5) is 19.6. The first-order chi connectivity index (χ1) is 10.1. The molecule has 0 saturated carbocycles. The first-order valence-corrected chi connectivity index (χ1v) is 6.66. The first kappa shape index (κ1) is 13.3. The van der Waals surface area contributed by atoms with Gasteiger partial charge in [-0.2, -0.15) is 0 Å². The standard InChI is InChI=1S/C16H15N3O2/c1-10-8-17-6-5-13(10)9-19-11(2)18-14-7-12(16(20)21)3-4-15(14)19/h3-8H,9H2,1-2H3,(H,20,21). The fourth-order valence-electron chi connectivity index (χ4n) is 2.43. The van der Waals surface area contributed by atoms with Crippen molar-refractivity contribution in [1.29, 1.82) is 0 Å². The van der Waals surface area contributed by atoms with Crippen molar-refractivity contribution in [3.8, 4) is 0 Å². The summed E-state index contributed by atoms with van der Waals surface area (Å²) in [5.74, 6) is -0.0715. The van der Waals surface area contributed by atoms with E-state index in [2.05, 4.69) is 14.5 Å². The maximum absolute atomic E-state index is 11.0.